The Morgan fingerprint density at radius 3 is 0.521 bits per heavy atom. The molecule has 818 valence electrons. The zero-order valence-corrected chi connectivity index (χ0v) is 98.5. The van der Waals surface area contributed by atoms with Crippen molar-refractivity contribution in [2.45, 2.75) is 522 Å². The molecule has 33 heteroatoms. The molecule has 6 fully saturated rings. The van der Waals surface area contributed by atoms with Crippen molar-refractivity contribution in [2.75, 3.05) is 139 Å². The summed E-state index contributed by atoms with van der Waals surface area (Å²) in [6.07, 6.45) is 40.4. The van der Waals surface area contributed by atoms with E-state index in [1.807, 2.05) is 0 Å². The van der Waals surface area contributed by atoms with Crippen molar-refractivity contribution in [3.05, 3.63) is 38.0 Å². The van der Waals surface area contributed by atoms with E-state index in [9.17, 15) is 0 Å². The summed E-state index contributed by atoms with van der Waals surface area (Å²) >= 11 is 0. The Bertz CT molecular complexity index is 4460. The van der Waals surface area contributed by atoms with Crippen LogP contribution in [0.2, 0.25) is 0 Å². The lowest BCUT2D eigenvalue weighted by Crippen LogP contribution is -2.63. The summed E-state index contributed by atoms with van der Waals surface area (Å²) in [6.45, 7) is 77.0. The first-order valence-corrected chi connectivity index (χ1v) is 57.1. The van der Waals surface area contributed by atoms with Crippen molar-refractivity contribution in [3.8, 4) is 0 Å². The highest BCUT2D eigenvalue weighted by Gasteiger charge is 2.53. The average Bonchev–Trinajstić information content (AvgIpc) is 0.775. The van der Waals surface area contributed by atoms with Crippen LogP contribution >= 0.6 is 0 Å². The van der Waals surface area contributed by atoms with Gasteiger partial charge in [-0.25, -0.2) is 59.8 Å². The second kappa shape index (κ2) is 47.9. The van der Waals surface area contributed by atoms with Crippen molar-refractivity contribution in [1.29, 1.82) is 0 Å². The van der Waals surface area contributed by atoms with Gasteiger partial charge in [0.05, 0.1) is 0 Å². The van der Waals surface area contributed by atoms with E-state index in [4.69, 9.17) is 89.7 Å². The molecule has 0 radical (unpaired) electrons. The van der Waals surface area contributed by atoms with Crippen LogP contribution < -0.4 is 44.1 Å². The molecule has 146 heavy (non-hydrogen) atoms. The van der Waals surface area contributed by atoms with E-state index in [2.05, 4.69) is 323 Å². The van der Waals surface area contributed by atoms with E-state index < -0.39 is 0 Å². The molecule has 12 heterocycles. The predicted molar refractivity (Wildman–Crippen MR) is 603 cm³/mol. The molecule has 6 aliphatic rings. The smallest absolute Gasteiger partial charge is 0.237 e. The first-order chi connectivity index (χ1) is 68.5. The highest BCUT2D eigenvalue weighted by Crippen LogP contribution is 2.49. The van der Waals surface area contributed by atoms with Gasteiger partial charge in [0.2, 0.25) is 71.4 Å². The third kappa shape index (κ3) is 27.5. The molecule has 6 aliphatic heterocycles. The summed E-state index contributed by atoms with van der Waals surface area (Å²) in [4.78, 5) is 134. The van der Waals surface area contributed by atoms with Gasteiger partial charge in [0.25, 0.3) is 0 Å². The van der Waals surface area contributed by atoms with Crippen molar-refractivity contribution < 1.29 is 0 Å². The maximum atomic E-state index is 5.86. The van der Waals surface area contributed by atoms with Gasteiger partial charge in [-0.1, -0.05) is 106 Å². The minimum Gasteiger partial charge on any atom is -0.338 e. The lowest BCUT2D eigenvalue weighted by molar-refractivity contribution is -0.0132. The number of nitrogens with zero attached hydrogens (tertiary/aromatic N) is 33. The summed E-state index contributed by atoms with van der Waals surface area (Å²) in [5, 5.41) is 0. The van der Waals surface area contributed by atoms with E-state index in [1.165, 1.54) is 0 Å². The first-order valence-electron chi connectivity index (χ1n) is 57.1. The topological polar surface area (TPSA) is 281 Å². The third-order valence-electron chi connectivity index (χ3n) is 36.3. The number of hydrogen-bond acceptors (Lipinski definition) is 33. The van der Waals surface area contributed by atoms with Crippen molar-refractivity contribution in [3.63, 3.8) is 0 Å². The standard InChI is InChI=1S/C113H201N33/c1-37-43-57-138(84-65-102(7,8)132(31)103(9,10)66-84)90-114-77-120-96(126-90)144(97-121-78-115-91(127-97)139(58-44-38-2)85-67-104(11,12)133(32)105(13,14)68-85)63-53-49-51-55-83(146(100-124-81-118-94(130-100)142(61-47-41-5)88-73-110(23,24)136(35)111(25,26)74-88)101-125-82-119-95(131-101)143(62-48-42-6)89-75-112(27,28)137(36)113(29,30)76-89)56-52-50-54-64-145(98-122-79-116-92(128-98)140(59-45-39-3)86-69-106(15,16)134(33)107(17,18)70-86)99-123-80-117-93(129-99)141(60-46-40-4)87-71-108(19,20)135(34)109(21,22)72-87/h77-89H,37-76H2,1-36H3. The summed E-state index contributed by atoms with van der Waals surface area (Å²) in [6, 6.07) is 0.817. The molecule has 6 saturated heterocycles. The van der Waals surface area contributed by atoms with Gasteiger partial charge >= 0.3 is 0 Å². The largest absolute Gasteiger partial charge is 0.338 e. The average molecular weight is 2020 g/mol. The fourth-order valence-corrected chi connectivity index (χ4v) is 26.2. The summed E-state index contributed by atoms with van der Waals surface area (Å²) < 4.78 is 0. The van der Waals surface area contributed by atoms with E-state index in [-0.39, 0.29) is 109 Å². The molecule has 33 nitrogen and oxygen atoms in total. The fourth-order valence-electron chi connectivity index (χ4n) is 26.2. The second-order valence-electron chi connectivity index (χ2n) is 52.3. The summed E-state index contributed by atoms with van der Waals surface area (Å²) in [5.41, 5.74) is -0.975. The monoisotopic (exact) mass is 2020 g/mol. The van der Waals surface area contributed by atoms with Crippen LogP contribution in [0.1, 0.15) is 413 Å². The van der Waals surface area contributed by atoms with Crippen LogP contribution in [0, 0.1) is 0 Å². The molecule has 0 amide bonds. The number of aromatic nitrogens is 18. The van der Waals surface area contributed by atoms with Gasteiger partial charge < -0.3 is 29.4 Å². The lowest BCUT2D eigenvalue weighted by atomic mass is 9.77. The van der Waals surface area contributed by atoms with Gasteiger partial charge in [-0.05, 0) is 350 Å². The van der Waals surface area contributed by atoms with Crippen LogP contribution in [0.5, 0.6) is 0 Å². The zero-order chi connectivity index (χ0) is 107. The summed E-state index contributed by atoms with van der Waals surface area (Å²) in [5.74, 6) is 7.24. The molecule has 0 N–H and O–H groups in total. The molecule has 0 saturated carbocycles. The molecule has 0 unspecified atom stereocenters. The maximum absolute atomic E-state index is 5.86. The minimum atomic E-state index is -0.239. The lowest BCUT2D eigenvalue weighted by Gasteiger charge is -2.55. The van der Waals surface area contributed by atoms with Gasteiger partial charge in [-0.2, -0.15) is 29.9 Å². The SMILES string of the molecule is CCCCN(c1ncnc(N(CCCCCC(CCCCCN(c2ncnc(N(CCCC)C3CC(C)(C)N(C)C(C)(C)C3)n2)c2ncnc(N(CCCC)C3CC(C)(C)N(C)C(C)(C)C3)n2)N(c2ncnc(N(CCCC)C3CC(C)(C)N(C)C(C)(C)C3)n2)c2ncnc(N(CCCC)C3CC(C)(C)N(C)C(C)(C)C3)n2)c2ncnc(N(CCCC)C3CC(C)(C)N(C)C(C)(C)C3)n2)n1)C1CC(C)(C)N(C)C(C)(C)C1. The van der Waals surface area contributed by atoms with Gasteiger partial charge in [-0.3, -0.25) is 44.1 Å². The first kappa shape index (κ1) is 117. The Balaban J connectivity index is 0.980. The van der Waals surface area contributed by atoms with Crippen LogP contribution in [0.25, 0.3) is 0 Å². The molecule has 0 spiro atoms. The Kier molecular flexibility index (Phi) is 38.3. The van der Waals surface area contributed by atoms with Gasteiger partial charge in [0, 0.05) is 161 Å². The maximum Gasteiger partial charge on any atom is 0.237 e. The molecule has 0 aliphatic carbocycles. The number of rotatable bonds is 49. The molecule has 6 aromatic heterocycles. The van der Waals surface area contributed by atoms with Gasteiger partial charge in [0.15, 0.2) is 0 Å². The molecule has 0 atom stereocenters. The van der Waals surface area contributed by atoms with E-state index in [0.29, 0.717) is 84.5 Å². The quantitative estimate of drug-likeness (QED) is 0.0321. The van der Waals surface area contributed by atoms with Crippen molar-refractivity contribution in [2.24, 2.45) is 0 Å². The number of piperidine rings is 6. The molecular formula is C113H201N33. The van der Waals surface area contributed by atoms with E-state index in [1.54, 1.807) is 38.0 Å². The second-order valence-corrected chi connectivity index (χ2v) is 52.3. The van der Waals surface area contributed by atoms with Gasteiger partial charge in [0.1, 0.15) is 38.0 Å². The Morgan fingerprint density at radius 2 is 0.356 bits per heavy atom. The molecular weight excluding hydrogens is 1820 g/mol. The Labute approximate surface area is 884 Å². The minimum absolute atomic E-state index is 0.0704. The number of unbranched alkanes of at least 4 members (excludes halogenated alkanes) is 10. The fraction of sp³-hybridized carbons (Fsp3) is 0.841. The third-order valence-corrected chi connectivity index (χ3v) is 36.3. The normalized spacial score (nSPS) is 21.4. The highest BCUT2D eigenvalue weighted by atomic mass is 15.5. The number of likely N-dealkylation sites (tertiary alicyclic amines) is 6. The van der Waals surface area contributed by atoms with Crippen LogP contribution in [-0.4, -0.2) is 323 Å². The van der Waals surface area contributed by atoms with Crippen molar-refractivity contribution >= 4 is 71.4 Å². The van der Waals surface area contributed by atoms with Crippen LogP contribution in [0.3, 0.4) is 0 Å². The molecule has 0 aromatic carbocycles. The van der Waals surface area contributed by atoms with Gasteiger partial charge in [-0.15, -0.1) is 0 Å². The van der Waals surface area contributed by atoms with Crippen LogP contribution in [0.15, 0.2) is 38.0 Å². The molecule has 12 rings (SSSR count). The number of hydrogen-bond donors (Lipinski definition) is 0. The Hall–Kier alpha value is -7.98. The zero-order valence-electron chi connectivity index (χ0n) is 98.5. The molecule has 6 aromatic rings. The number of anilines is 12. The van der Waals surface area contributed by atoms with E-state index >= 15 is 0 Å². The summed E-state index contributed by atoms with van der Waals surface area (Å²) in [7, 11) is 13.7. The van der Waals surface area contributed by atoms with Crippen LogP contribution in [-0.2, 0) is 0 Å². The predicted octanol–water partition coefficient (Wildman–Crippen LogP) is 21.6. The van der Waals surface area contributed by atoms with Crippen molar-refractivity contribution in [1.82, 2.24) is 119 Å². The van der Waals surface area contributed by atoms with Crippen LogP contribution in [0.4, 0.5) is 71.4 Å². The highest BCUT2D eigenvalue weighted by molar-refractivity contribution is 5.56. The Morgan fingerprint density at radius 1 is 0.205 bits per heavy atom. The van der Waals surface area contributed by atoms with E-state index in [0.717, 1.165) is 245 Å². The molecule has 0 bridgehead atoms.